The van der Waals surface area contributed by atoms with E-state index in [0.29, 0.717) is 0 Å². The highest BCUT2D eigenvalue weighted by Gasteiger charge is 2.19. The van der Waals surface area contributed by atoms with Crippen molar-refractivity contribution in [2.24, 2.45) is 0 Å². The molecule has 0 unspecified atom stereocenters. The third kappa shape index (κ3) is 3.11. The van der Waals surface area contributed by atoms with Gasteiger partial charge in [-0.2, -0.15) is 0 Å². The van der Waals surface area contributed by atoms with Gasteiger partial charge in [0.25, 0.3) is 0 Å². The van der Waals surface area contributed by atoms with Crippen molar-refractivity contribution in [1.82, 2.24) is 15.0 Å². The Morgan fingerprint density at radius 1 is 0.963 bits per heavy atom. The first kappa shape index (κ1) is 16.1. The lowest BCUT2D eigenvalue weighted by Crippen LogP contribution is -2.29. The van der Waals surface area contributed by atoms with E-state index >= 15 is 0 Å². The molecule has 1 aliphatic heterocycles. The summed E-state index contributed by atoms with van der Waals surface area (Å²) < 4.78 is 0. The number of hydrogen-bond donors (Lipinski definition) is 0. The van der Waals surface area contributed by atoms with E-state index in [-0.39, 0.29) is 0 Å². The molecule has 0 amide bonds. The normalized spacial score (nSPS) is 14.4. The van der Waals surface area contributed by atoms with E-state index in [1.807, 2.05) is 35.7 Å². The van der Waals surface area contributed by atoms with E-state index in [2.05, 4.69) is 51.7 Å². The Morgan fingerprint density at radius 2 is 1.93 bits per heavy atom. The van der Waals surface area contributed by atoms with Gasteiger partial charge >= 0.3 is 0 Å². The first-order valence-corrected chi connectivity index (χ1v) is 9.91. The maximum atomic E-state index is 4.93. The Kier molecular flexibility index (Phi) is 4.14. The maximum Gasteiger partial charge on any atom is 0.163 e. The van der Waals surface area contributed by atoms with Crippen molar-refractivity contribution >= 4 is 33.6 Å². The van der Waals surface area contributed by atoms with E-state index in [9.17, 15) is 0 Å². The van der Waals surface area contributed by atoms with Crippen LogP contribution in [0.5, 0.6) is 0 Å². The maximum absolute atomic E-state index is 4.93. The van der Waals surface area contributed by atoms with Crippen LogP contribution in [-0.4, -0.2) is 28.0 Å². The minimum atomic E-state index is 0.727. The lowest BCUT2D eigenvalue weighted by Gasteiger charge is -2.28. The molecule has 27 heavy (non-hydrogen) atoms. The summed E-state index contributed by atoms with van der Waals surface area (Å²) >= 11 is 1.81. The molecule has 0 spiro atoms. The third-order valence-electron chi connectivity index (χ3n) is 4.85. The van der Waals surface area contributed by atoms with Crippen molar-refractivity contribution in [2.75, 3.05) is 18.0 Å². The average molecular weight is 370 g/mol. The molecule has 0 fully saturated rings. The predicted molar refractivity (Wildman–Crippen MR) is 112 cm³/mol. The molecule has 0 radical (unpaired) electrons. The van der Waals surface area contributed by atoms with Crippen LogP contribution < -0.4 is 4.90 Å². The predicted octanol–water partition coefficient (Wildman–Crippen LogP) is 5.05. The number of hydrogen-bond acceptors (Lipinski definition) is 5. The molecule has 0 N–H and O–H groups in total. The number of anilines is 1. The molecule has 0 saturated carbocycles. The van der Waals surface area contributed by atoms with Gasteiger partial charge in [-0.3, -0.25) is 4.98 Å². The summed E-state index contributed by atoms with van der Waals surface area (Å²) in [6, 6.07) is 16.5. The second-order valence-electron chi connectivity index (χ2n) is 6.53. The number of aromatic nitrogens is 3. The highest BCUT2D eigenvalue weighted by atomic mass is 32.1. The number of thiophene rings is 1. The van der Waals surface area contributed by atoms with Gasteiger partial charge in [0.1, 0.15) is 5.82 Å². The van der Waals surface area contributed by atoms with E-state index in [0.717, 1.165) is 47.6 Å². The van der Waals surface area contributed by atoms with Crippen LogP contribution in [0, 0.1) is 0 Å². The minimum absolute atomic E-state index is 0.727. The molecule has 0 saturated heterocycles. The summed E-state index contributed by atoms with van der Waals surface area (Å²) in [4.78, 5) is 17.6. The molecule has 5 rings (SSSR count). The molecule has 0 bridgehead atoms. The molecule has 0 atom stereocenters. The molecule has 4 aromatic rings. The molecule has 0 aliphatic carbocycles. The molecular weight excluding hydrogens is 352 g/mol. The highest BCUT2D eigenvalue weighted by Crippen LogP contribution is 2.31. The van der Waals surface area contributed by atoms with Gasteiger partial charge in [0.05, 0.1) is 5.52 Å². The molecule has 5 heteroatoms. The Hall–Kier alpha value is -3.05. The zero-order valence-electron chi connectivity index (χ0n) is 14.7. The van der Waals surface area contributed by atoms with E-state index < -0.39 is 0 Å². The number of para-hydroxylation sites is 1. The van der Waals surface area contributed by atoms with Crippen LogP contribution in [0.1, 0.15) is 11.3 Å². The number of rotatable bonds is 3. The van der Waals surface area contributed by atoms with E-state index in [1.165, 1.54) is 10.5 Å². The fraction of sp³-hybridized carbons (Fsp3) is 0.136. The summed E-state index contributed by atoms with van der Waals surface area (Å²) in [5.41, 5.74) is 3.35. The van der Waals surface area contributed by atoms with Crippen LogP contribution in [0.4, 0.5) is 5.82 Å². The van der Waals surface area contributed by atoms with Crippen molar-refractivity contribution in [1.29, 1.82) is 0 Å². The fourth-order valence-electron chi connectivity index (χ4n) is 3.47. The summed E-state index contributed by atoms with van der Waals surface area (Å²) in [7, 11) is 0. The second-order valence-corrected chi connectivity index (χ2v) is 7.48. The van der Waals surface area contributed by atoms with Crippen molar-refractivity contribution in [3.8, 4) is 11.4 Å². The highest BCUT2D eigenvalue weighted by molar-refractivity contribution is 7.11. The summed E-state index contributed by atoms with van der Waals surface area (Å²) in [6.45, 7) is 1.82. The molecule has 1 aliphatic rings. The number of benzene rings is 1. The summed E-state index contributed by atoms with van der Waals surface area (Å²) in [5, 5.41) is 3.24. The number of fused-ring (bicyclic) bond motifs is 1. The molecule has 1 aromatic carbocycles. The number of nitrogens with zero attached hydrogens (tertiary/aromatic N) is 4. The van der Waals surface area contributed by atoms with Crippen LogP contribution in [0.2, 0.25) is 0 Å². The SMILES string of the molecule is C1=C(c2cccs2)CCN(c2nc(-c3cccnc3)nc3ccccc23)C1. The van der Waals surface area contributed by atoms with Crippen LogP contribution in [0.25, 0.3) is 27.9 Å². The van der Waals surface area contributed by atoms with Crippen LogP contribution in [0.15, 0.2) is 72.4 Å². The Morgan fingerprint density at radius 3 is 2.70 bits per heavy atom. The molecule has 4 heterocycles. The molecule has 4 nitrogen and oxygen atoms in total. The standard InChI is InChI=1S/C22H18N4S/c1-2-7-19-18(6-1)22(25-21(24-19)17-5-3-11-23-15-17)26-12-9-16(10-13-26)20-8-4-14-27-20/h1-9,11,14-15H,10,12-13H2. The zero-order valence-corrected chi connectivity index (χ0v) is 15.6. The smallest absolute Gasteiger partial charge is 0.163 e. The average Bonchev–Trinajstić information content (AvgIpc) is 3.29. The van der Waals surface area contributed by atoms with Crippen molar-refractivity contribution in [2.45, 2.75) is 6.42 Å². The first-order valence-electron chi connectivity index (χ1n) is 9.03. The monoisotopic (exact) mass is 370 g/mol. The molecule has 132 valence electrons. The van der Waals surface area contributed by atoms with Gasteiger partial charge in [0.2, 0.25) is 0 Å². The lowest BCUT2D eigenvalue weighted by atomic mass is 10.1. The quantitative estimate of drug-likeness (QED) is 0.506. The lowest BCUT2D eigenvalue weighted by molar-refractivity contribution is 0.821. The van der Waals surface area contributed by atoms with Gasteiger partial charge in [0, 0.05) is 41.3 Å². The third-order valence-corrected chi connectivity index (χ3v) is 5.79. The van der Waals surface area contributed by atoms with Crippen LogP contribution in [-0.2, 0) is 0 Å². The van der Waals surface area contributed by atoms with Crippen molar-refractivity contribution < 1.29 is 0 Å². The zero-order chi connectivity index (χ0) is 18.1. The van der Waals surface area contributed by atoms with Crippen LogP contribution >= 0.6 is 11.3 Å². The largest absolute Gasteiger partial charge is 0.352 e. The van der Waals surface area contributed by atoms with Gasteiger partial charge in [0.15, 0.2) is 5.82 Å². The Labute approximate surface area is 161 Å². The number of pyridine rings is 1. The fourth-order valence-corrected chi connectivity index (χ4v) is 4.27. The molecular formula is C22H18N4S. The second kappa shape index (κ2) is 6.93. The molecule has 3 aromatic heterocycles. The van der Waals surface area contributed by atoms with Crippen molar-refractivity contribution in [3.63, 3.8) is 0 Å². The minimum Gasteiger partial charge on any atom is -0.352 e. The Balaban J connectivity index is 1.56. The van der Waals surface area contributed by atoms with E-state index in [1.54, 1.807) is 6.20 Å². The topological polar surface area (TPSA) is 41.9 Å². The first-order chi connectivity index (χ1) is 13.4. The van der Waals surface area contributed by atoms with Gasteiger partial charge in [-0.25, -0.2) is 9.97 Å². The van der Waals surface area contributed by atoms with Crippen molar-refractivity contribution in [3.05, 3.63) is 77.3 Å². The Bertz CT molecular complexity index is 1100. The van der Waals surface area contributed by atoms with Gasteiger partial charge in [-0.05, 0) is 47.7 Å². The van der Waals surface area contributed by atoms with Crippen LogP contribution in [0.3, 0.4) is 0 Å². The summed E-state index contributed by atoms with van der Waals surface area (Å²) in [6.07, 6.45) is 6.95. The summed E-state index contributed by atoms with van der Waals surface area (Å²) in [5.74, 6) is 1.73. The van der Waals surface area contributed by atoms with Gasteiger partial charge < -0.3 is 4.90 Å². The van der Waals surface area contributed by atoms with Gasteiger partial charge in [-0.1, -0.05) is 24.3 Å². The van der Waals surface area contributed by atoms with Gasteiger partial charge in [-0.15, -0.1) is 11.3 Å². The van der Waals surface area contributed by atoms with E-state index in [4.69, 9.17) is 9.97 Å².